The zero-order valence-corrected chi connectivity index (χ0v) is 19.3. The average Bonchev–Trinajstić information content (AvgIpc) is 3.17. The van der Waals surface area contributed by atoms with Crippen molar-refractivity contribution in [1.29, 1.82) is 0 Å². The molecule has 29 heavy (non-hydrogen) atoms. The van der Waals surface area contributed by atoms with Gasteiger partial charge in [0.2, 0.25) is 5.91 Å². The summed E-state index contributed by atoms with van der Waals surface area (Å²) in [6, 6.07) is 6.32. The summed E-state index contributed by atoms with van der Waals surface area (Å²) in [6.45, 7) is 2.38. The molecule has 1 heterocycles. The molecule has 164 valence electrons. The van der Waals surface area contributed by atoms with E-state index >= 15 is 0 Å². The van der Waals surface area contributed by atoms with Crippen LogP contribution < -0.4 is 0 Å². The zero-order valence-electron chi connectivity index (χ0n) is 17.0. The van der Waals surface area contributed by atoms with Crippen LogP contribution in [0.25, 0.3) is 0 Å². The van der Waals surface area contributed by atoms with Gasteiger partial charge in [-0.2, -0.15) is 8.42 Å². The van der Waals surface area contributed by atoms with Gasteiger partial charge in [-0.25, -0.2) is 0 Å². The Morgan fingerprint density at radius 1 is 1.14 bits per heavy atom. The van der Waals surface area contributed by atoms with Gasteiger partial charge in [0.25, 0.3) is 10.1 Å². The maximum absolute atomic E-state index is 12.8. The summed E-state index contributed by atoms with van der Waals surface area (Å²) in [5.74, 6) is 0.171. The van der Waals surface area contributed by atoms with Crippen LogP contribution in [0.5, 0.6) is 0 Å². The summed E-state index contributed by atoms with van der Waals surface area (Å²) < 4.78 is 25.9. The van der Waals surface area contributed by atoms with Gasteiger partial charge < -0.3 is 4.90 Å². The zero-order chi connectivity index (χ0) is 21.6. The van der Waals surface area contributed by atoms with Crippen molar-refractivity contribution in [3.8, 4) is 0 Å². The molecule has 1 saturated carbocycles. The second-order valence-corrected chi connectivity index (χ2v) is 10.1. The number of amides is 1. The Kier molecular flexibility index (Phi) is 9.22. The summed E-state index contributed by atoms with van der Waals surface area (Å²) in [5.41, 5.74) is 0.926. The summed E-state index contributed by atoms with van der Waals surface area (Å²) in [6.07, 6.45) is 8.53. The molecule has 2 aliphatic rings. The smallest absolute Gasteiger partial charge is 0.261 e. The molecule has 1 aliphatic carbocycles. The number of halogens is 2. The van der Waals surface area contributed by atoms with Gasteiger partial charge in [-0.15, -0.1) is 0 Å². The molecule has 1 N–H and O–H groups in total. The molecule has 0 radical (unpaired) electrons. The minimum absolute atomic E-state index is 0.171. The number of nitrogens with zero attached hydrogens (tertiary/aromatic N) is 2. The van der Waals surface area contributed by atoms with Crippen molar-refractivity contribution in [1.82, 2.24) is 9.80 Å². The van der Waals surface area contributed by atoms with Crippen molar-refractivity contribution in [2.24, 2.45) is 0 Å². The lowest BCUT2D eigenvalue weighted by atomic mass is 9.88. The third-order valence-electron chi connectivity index (χ3n) is 5.53. The van der Waals surface area contributed by atoms with Gasteiger partial charge >= 0.3 is 0 Å². The first-order chi connectivity index (χ1) is 13.6. The van der Waals surface area contributed by atoms with E-state index in [1.807, 2.05) is 18.0 Å². The van der Waals surface area contributed by atoms with Crippen LogP contribution in [0.4, 0.5) is 0 Å². The molecule has 2 atom stereocenters. The van der Waals surface area contributed by atoms with E-state index in [-0.39, 0.29) is 5.91 Å². The first-order valence-electron chi connectivity index (χ1n) is 9.92. The summed E-state index contributed by atoms with van der Waals surface area (Å²) in [5, 5.41) is 1.04. The highest BCUT2D eigenvalue weighted by molar-refractivity contribution is 7.85. The second kappa shape index (κ2) is 11.0. The molecular formula is C20H30Cl2N2O4S. The minimum atomic E-state index is -3.67. The van der Waals surface area contributed by atoms with Gasteiger partial charge in [-0.3, -0.25) is 14.2 Å². The van der Waals surface area contributed by atoms with Crippen molar-refractivity contribution < 1.29 is 17.8 Å². The highest BCUT2D eigenvalue weighted by Gasteiger charge is 2.35. The monoisotopic (exact) mass is 464 g/mol. The number of rotatable bonds is 4. The lowest BCUT2D eigenvalue weighted by Crippen LogP contribution is -2.53. The van der Waals surface area contributed by atoms with Crippen LogP contribution in [-0.4, -0.2) is 67.2 Å². The van der Waals surface area contributed by atoms with Crippen LogP contribution in [0.15, 0.2) is 18.2 Å². The summed E-state index contributed by atoms with van der Waals surface area (Å²) in [7, 11) is -1.70. The largest absolute Gasteiger partial charge is 0.341 e. The molecule has 6 nitrogen and oxygen atoms in total. The van der Waals surface area contributed by atoms with Gasteiger partial charge in [0.1, 0.15) is 0 Å². The van der Waals surface area contributed by atoms with E-state index in [1.165, 1.54) is 45.2 Å². The molecule has 1 saturated heterocycles. The van der Waals surface area contributed by atoms with Crippen LogP contribution in [0.2, 0.25) is 10.0 Å². The molecule has 1 aromatic rings. The number of hydrogen-bond donors (Lipinski definition) is 1. The van der Waals surface area contributed by atoms with Gasteiger partial charge in [-0.1, -0.05) is 42.1 Å². The normalized spacial score (nSPS) is 22.7. The molecule has 1 aliphatic heterocycles. The van der Waals surface area contributed by atoms with E-state index in [0.29, 0.717) is 34.8 Å². The van der Waals surface area contributed by atoms with E-state index in [1.54, 1.807) is 12.1 Å². The fraction of sp³-hybridized carbons (Fsp3) is 0.650. The van der Waals surface area contributed by atoms with E-state index < -0.39 is 10.1 Å². The van der Waals surface area contributed by atoms with Gasteiger partial charge in [0.05, 0.1) is 22.7 Å². The predicted molar refractivity (Wildman–Crippen MR) is 117 cm³/mol. The van der Waals surface area contributed by atoms with Crippen LogP contribution in [-0.2, 0) is 21.3 Å². The van der Waals surface area contributed by atoms with E-state index in [9.17, 15) is 13.2 Å². The average molecular weight is 465 g/mol. The maximum Gasteiger partial charge on any atom is 0.261 e. The lowest BCUT2D eigenvalue weighted by molar-refractivity contribution is -0.133. The Morgan fingerprint density at radius 2 is 1.72 bits per heavy atom. The standard InChI is InChI=1S/C19H26Cl2N2O.CH4O3S/c1-22(19(24)13-14-8-9-15(20)16(21)12-14)17-6-2-3-7-18(17)23-10-4-5-11-23;1-5(2,3)4/h8-9,12,17-18H,2-7,10-11,13H2,1H3;1H3,(H,2,3,4)/t17-,18-;/m0./s1. The fourth-order valence-corrected chi connectivity index (χ4v) is 4.50. The molecule has 3 rings (SSSR count). The molecule has 1 aromatic carbocycles. The first-order valence-corrected chi connectivity index (χ1v) is 12.5. The molecule has 1 amide bonds. The highest BCUT2D eigenvalue weighted by Crippen LogP contribution is 2.29. The number of carbonyl (C=O) groups is 1. The summed E-state index contributed by atoms with van der Waals surface area (Å²) in [4.78, 5) is 17.4. The molecule has 2 fully saturated rings. The molecular weight excluding hydrogens is 435 g/mol. The fourth-order valence-electron chi connectivity index (χ4n) is 4.18. The number of hydrogen-bond acceptors (Lipinski definition) is 4. The van der Waals surface area contributed by atoms with Crippen molar-refractivity contribution in [2.75, 3.05) is 26.4 Å². The van der Waals surface area contributed by atoms with Crippen molar-refractivity contribution >= 4 is 39.2 Å². The number of carbonyl (C=O) groups excluding carboxylic acids is 1. The van der Waals surface area contributed by atoms with Gasteiger partial charge in [-0.05, 0) is 56.5 Å². The summed E-state index contributed by atoms with van der Waals surface area (Å²) >= 11 is 12.0. The van der Waals surface area contributed by atoms with Crippen molar-refractivity contribution in [3.63, 3.8) is 0 Å². The quantitative estimate of drug-likeness (QED) is 0.683. The Balaban J connectivity index is 0.000000537. The SMILES string of the molecule is CN(C(=O)Cc1ccc(Cl)c(Cl)c1)[C@H]1CCCC[C@@H]1N1CCCC1.CS(=O)(=O)O. The van der Waals surface area contributed by atoms with Crippen LogP contribution in [0, 0.1) is 0 Å². The minimum Gasteiger partial charge on any atom is -0.341 e. The van der Waals surface area contributed by atoms with E-state index in [4.69, 9.17) is 27.8 Å². The molecule has 0 aromatic heterocycles. The molecule has 0 spiro atoms. The molecule has 0 bridgehead atoms. The van der Waals surface area contributed by atoms with Crippen LogP contribution in [0.3, 0.4) is 0 Å². The Morgan fingerprint density at radius 3 is 2.31 bits per heavy atom. The molecule has 0 unspecified atom stereocenters. The maximum atomic E-state index is 12.8. The third-order valence-corrected chi connectivity index (χ3v) is 6.27. The lowest BCUT2D eigenvalue weighted by Gasteiger charge is -2.42. The number of likely N-dealkylation sites (tertiary alicyclic amines) is 1. The van der Waals surface area contributed by atoms with Gasteiger partial charge in [0, 0.05) is 19.1 Å². The van der Waals surface area contributed by atoms with Gasteiger partial charge in [0.15, 0.2) is 0 Å². The topological polar surface area (TPSA) is 77.9 Å². The number of likely N-dealkylation sites (N-methyl/N-ethyl adjacent to an activating group) is 1. The Labute approximate surface area is 183 Å². The third kappa shape index (κ3) is 8.06. The van der Waals surface area contributed by atoms with Crippen molar-refractivity contribution in [3.05, 3.63) is 33.8 Å². The molecule has 9 heteroatoms. The Hall–Kier alpha value is -0.860. The van der Waals surface area contributed by atoms with Crippen LogP contribution in [0.1, 0.15) is 44.1 Å². The predicted octanol–water partition coefficient (Wildman–Crippen LogP) is 3.91. The highest BCUT2D eigenvalue weighted by atomic mass is 35.5. The second-order valence-electron chi connectivity index (χ2n) is 7.83. The van der Waals surface area contributed by atoms with E-state index in [0.717, 1.165) is 12.0 Å². The number of benzene rings is 1. The van der Waals surface area contributed by atoms with E-state index in [2.05, 4.69) is 4.90 Å². The Bertz CT molecular complexity index is 790. The first kappa shape index (κ1) is 24.4. The van der Waals surface area contributed by atoms with Crippen molar-refractivity contribution in [2.45, 2.75) is 57.0 Å². The van der Waals surface area contributed by atoms with Crippen LogP contribution >= 0.6 is 23.2 Å².